The molecule has 1 N–H and O–H groups in total. The molecule has 2 amide bonds. The van der Waals surface area contributed by atoms with E-state index in [-0.39, 0.29) is 18.7 Å². The van der Waals surface area contributed by atoms with Crippen LogP contribution in [0.15, 0.2) is 48.5 Å². The lowest BCUT2D eigenvalue weighted by molar-refractivity contribution is -0.176. The Labute approximate surface area is 173 Å². The van der Waals surface area contributed by atoms with Gasteiger partial charge in [0, 0.05) is 13.1 Å². The highest BCUT2D eigenvalue weighted by Crippen LogP contribution is 2.32. The minimum absolute atomic E-state index is 0.0315. The number of halogens is 3. The summed E-state index contributed by atoms with van der Waals surface area (Å²) in [5, 5.41) is 2.93. The first-order chi connectivity index (χ1) is 14.4. The molecule has 0 aliphatic carbocycles. The summed E-state index contributed by atoms with van der Waals surface area (Å²) in [5.41, 5.74) is 2.59. The number of amides is 2. The van der Waals surface area contributed by atoms with Crippen molar-refractivity contribution >= 4 is 6.03 Å². The summed E-state index contributed by atoms with van der Waals surface area (Å²) in [7, 11) is 1.62. The smallest absolute Gasteiger partial charge is 0.411 e. The molecule has 0 radical (unpaired) electrons. The third-order valence-electron chi connectivity index (χ3n) is 5.02. The number of hydrogen-bond donors (Lipinski definition) is 1. The molecule has 2 aromatic rings. The number of carbonyl (C=O) groups excluding carboxylic acids is 1. The molecule has 0 saturated carbocycles. The number of rotatable bonds is 7. The fourth-order valence-electron chi connectivity index (χ4n) is 3.50. The van der Waals surface area contributed by atoms with Crippen LogP contribution in [0.3, 0.4) is 0 Å². The molecule has 30 heavy (non-hydrogen) atoms. The molecule has 0 aromatic heterocycles. The summed E-state index contributed by atoms with van der Waals surface area (Å²) < 4.78 is 46.2. The predicted molar refractivity (Wildman–Crippen MR) is 106 cm³/mol. The van der Waals surface area contributed by atoms with E-state index >= 15 is 0 Å². The highest BCUT2D eigenvalue weighted by atomic mass is 19.4. The van der Waals surface area contributed by atoms with Gasteiger partial charge in [-0.25, -0.2) is 4.79 Å². The van der Waals surface area contributed by atoms with Crippen molar-refractivity contribution in [3.63, 3.8) is 0 Å². The number of hydrogen-bond acceptors (Lipinski definition) is 3. The summed E-state index contributed by atoms with van der Waals surface area (Å²) in [6.45, 7) is -0.341. The summed E-state index contributed by atoms with van der Waals surface area (Å²) in [6, 6.07) is 14.6. The van der Waals surface area contributed by atoms with Gasteiger partial charge in [-0.3, -0.25) is 0 Å². The van der Waals surface area contributed by atoms with Gasteiger partial charge in [-0.1, -0.05) is 36.4 Å². The highest BCUT2D eigenvalue weighted by molar-refractivity contribution is 5.75. The van der Waals surface area contributed by atoms with E-state index in [0.717, 1.165) is 29.7 Å². The van der Waals surface area contributed by atoms with Crippen LogP contribution in [-0.2, 0) is 17.9 Å². The van der Waals surface area contributed by atoms with E-state index in [1.807, 2.05) is 29.2 Å². The minimum Gasteiger partial charge on any atom is -0.497 e. The molecule has 2 aromatic carbocycles. The molecule has 5 nitrogen and oxygen atoms in total. The Morgan fingerprint density at radius 2 is 1.77 bits per heavy atom. The zero-order valence-corrected chi connectivity index (χ0v) is 16.7. The topological polar surface area (TPSA) is 50.8 Å². The maximum atomic E-state index is 12.7. The van der Waals surface area contributed by atoms with Crippen molar-refractivity contribution in [2.24, 2.45) is 0 Å². The summed E-state index contributed by atoms with van der Waals surface area (Å²) in [5.74, 6) is 0.778. The molecule has 1 saturated heterocycles. The van der Waals surface area contributed by atoms with E-state index in [4.69, 9.17) is 4.74 Å². The van der Waals surface area contributed by atoms with Crippen LogP contribution in [0.4, 0.5) is 18.0 Å². The normalized spacial score (nSPS) is 16.5. The van der Waals surface area contributed by atoms with Crippen LogP contribution in [0.25, 0.3) is 0 Å². The number of alkyl halides is 3. The molecule has 0 bridgehead atoms. The van der Waals surface area contributed by atoms with Crippen LogP contribution < -0.4 is 10.1 Å². The van der Waals surface area contributed by atoms with E-state index < -0.39 is 12.8 Å². The second-order valence-corrected chi connectivity index (χ2v) is 7.21. The van der Waals surface area contributed by atoms with Gasteiger partial charge in [0.1, 0.15) is 12.4 Å². The third-order valence-corrected chi connectivity index (χ3v) is 5.02. The summed E-state index contributed by atoms with van der Waals surface area (Å²) in [4.78, 5) is 14.5. The van der Waals surface area contributed by atoms with Gasteiger partial charge in [-0.05, 0) is 41.7 Å². The van der Waals surface area contributed by atoms with Gasteiger partial charge in [-0.2, -0.15) is 13.2 Å². The maximum Gasteiger partial charge on any atom is 0.411 e. The van der Waals surface area contributed by atoms with Gasteiger partial charge >= 0.3 is 12.2 Å². The standard InChI is InChI=1S/C22H25F3N2O3/c1-29-19-10-8-18(9-11-19)20-3-2-12-27(20)21(28)26-13-16-4-6-17(7-5-16)14-30-15-22(23,24)25/h4-11,20H,2-3,12-15H2,1H3,(H,26,28). The van der Waals surface area contributed by atoms with Gasteiger partial charge in [0.05, 0.1) is 19.8 Å². The monoisotopic (exact) mass is 422 g/mol. The van der Waals surface area contributed by atoms with Crippen molar-refractivity contribution in [2.75, 3.05) is 20.3 Å². The lowest BCUT2D eigenvalue weighted by Gasteiger charge is -2.25. The van der Waals surface area contributed by atoms with Gasteiger partial charge in [-0.15, -0.1) is 0 Å². The van der Waals surface area contributed by atoms with E-state index in [1.54, 1.807) is 31.4 Å². The van der Waals surface area contributed by atoms with E-state index in [1.165, 1.54) is 0 Å². The average Bonchev–Trinajstić information content (AvgIpc) is 3.22. The Morgan fingerprint density at radius 3 is 2.40 bits per heavy atom. The van der Waals surface area contributed by atoms with Crippen LogP contribution >= 0.6 is 0 Å². The first-order valence-corrected chi connectivity index (χ1v) is 9.76. The maximum absolute atomic E-state index is 12.7. The lowest BCUT2D eigenvalue weighted by atomic mass is 10.0. The molecule has 1 fully saturated rings. The Hall–Kier alpha value is -2.74. The van der Waals surface area contributed by atoms with Gasteiger partial charge < -0.3 is 19.7 Å². The molecule has 1 atom stereocenters. The van der Waals surface area contributed by atoms with Gasteiger partial charge in [0.15, 0.2) is 0 Å². The summed E-state index contributed by atoms with van der Waals surface area (Å²) in [6.07, 6.45) is -2.48. The first-order valence-electron chi connectivity index (χ1n) is 9.76. The molecule has 3 rings (SSSR count). The molecular formula is C22H25F3N2O3. The Bertz CT molecular complexity index is 823. The Balaban J connectivity index is 1.50. The quantitative estimate of drug-likeness (QED) is 0.696. The molecular weight excluding hydrogens is 397 g/mol. The number of benzene rings is 2. The summed E-state index contributed by atoms with van der Waals surface area (Å²) >= 11 is 0. The zero-order valence-electron chi connectivity index (χ0n) is 16.7. The van der Waals surface area contributed by atoms with Crippen molar-refractivity contribution < 1.29 is 27.4 Å². The predicted octanol–water partition coefficient (Wildman–Crippen LogP) is 4.82. The molecule has 1 aliphatic heterocycles. The molecule has 1 heterocycles. The van der Waals surface area contributed by atoms with Gasteiger partial charge in [0.25, 0.3) is 0 Å². The first kappa shape index (κ1) is 22.0. The number of urea groups is 1. The number of carbonyl (C=O) groups is 1. The zero-order chi connectivity index (χ0) is 21.6. The third kappa shape index (κ3) is 6.13. The molecule has 0 spiro atoms. The van der Waals surface area contributed by atoms with Crippen LogP contribution in [0, 0.1) is 0 Å². The number of methoxy groups -OCH3 is 1. The van der Waals surface area contributed by atoms with Crippen molar-refractivity contribution in [2.45, 2.75) is 38.2 Å². The number of nitrogens with zero attached hydrogens (tertiary/aromatic N) is 1. The highest BCUT2D eigenvalue weighted by Gasteiger charge is 2.30. The average molecular weight is 422 g/mol. The minimum atomic E-state index is -4.33. The number of likely N-dealkylation sites (tertiary alicyclic amines) is 1. The van der Waals surface area contributed by atoms with Crippen LogP contribution in [0.1, 0.15) is 35.6 Å². The molecule has 8 heteroatoms. The van der Waals surface area contributed by atoms with Crippen LogP contribution in [0.2, 0.25) is 0 Å². The Kier molecular flexibility index (Phi) is 7.20. The fraction of sp³-hybridized carbons (Fsp3) is 0.409. The Morgan fingerprint density at radius 1 is 1.10 bits per heavy atom. The van der Waals surface area contributed by atoms with E-state index in [2.05, 4.69) is 10.1 Å². The SMILES string of the molecule is COc1ccc(C2CCCN2C(=O)NCc2ccc(COCC(F)(F)F)cc2)cc1. The lowest BCUT2D eigenvalue weighted by Crippen LogP contribution is -2.39. The van der Waals surface area contributed by atoms with E-state index in [0.29, 0.717) is 18.7 Å². The number of ether oxygens (including phenoxy) is 2. The van der Waals surface area contributed by atoms with E-state index in [9.17, 15) is 18.0 Å². The van der Waals surface area contributed by atoms with Crippen LogP contribution in [-0.4, -0.2) is 37.4 Å². The molecule has 1 aliphatic rings. The van der Waals surface area contributed by atoms with Crippen molar-refractivity contribution in [3.05, 3.63) is 65.2 Å². The van der Waals surface area contributed by atoms with Crippen molar-refractivity contribution in [1.29, 1.82) is 0 Å². The second kappa shape index (κ2) is 9.84. The molecule has 162 valence electrons. The second-order valence-electron chi connectivity index (χ2n) is 7.21. The van der Waals surface area contributed by atoms with Crippen molar-refractivity contribution in [1.82, 2.24) is 10.2 Å². The number of nitrogens with one attached hydrogen (secondary N) is 1. The van der Waals surface area contributed by atoms with Crippen LogP contribution in [0.5, 0.6) is 5.75 Å². The van der Waals surface area contributed by atoms with Gasteiger partial charge in [0.2, 0.25) is 0 Å². The largest absolute Gasteiger partial charge is 0.497 e. The fourth-order valence-corrected chi connectivity index (χ4v) is 3.50. The molecule has 1 unspecified atom stereocenters. The van der Waals surface area contributed by atoms with Crippen molar-refractivity contribution in [3.8, 4) is 5.75 Å².